The monoisotopic (exact) mass is 222 g/mol. The largest absolute Gasteiger partial charge is 0.311 e. The molecule has 2 nitrogen and oxygen atoms in total. The van der Waals surface area contributed by atoms with Crippen LogP contribution in [0.25, 0.3) is 0 Å². The molecule has 3 fully saturated rings. The molecule has 2 saturated heterocycles. The van der Waals surface area contributed by atoms with Crippen LogP contribution in [0.5, 0.6) is 0 Å². The molecule has 1 saturated carbocycles. The van der Waals surface area contributed by atoms with Crippen molar-refractivity contribution in [2.75, 3.05) is 19.6 Å². The van der Waals surface area contributed by atoms with Crippen LogP contribution in [0.3, 0.4) is 0 Å². The van der Waals surface area contributed by atoms with E-state index in [0.29, 0.717) is 0 Å². The number of nitrogens with one attached hydrogen (secondary N) is 1. The molecule has 0 spiro atoms. The summed E-state index contributed by atoms with van der Waals surface area (Å²) in [4.78, 5) is 2.74. The highest BCUT2D eigenvalue weighted by molar-refractivity contribution is 4.90. The normalized spacial score (nSPS) is 37.5. The Balaban J connectivity index is 1.48. The van der Waals surface area contributed by atoms with Crippen LogP contribution in [0.4, 0.5) is 0 Å². The van der Waals surface area contributed by atoms with Crippen molar-refractivity contribution in [1.29, 1.82) is 0 Å². The van der Waals surface area contributed by atoms with Gasteiger partial charge in [-0.25, -0.2) is 0 Å². The Labute approximate surface area is 99.8 Å². The second-order valence-electron chi connectivity index (χ2n) is 6.14. The lowest BCUT2D eigenvalue weighted by atomic mass is 9.84. The van der Waals surface area contributed by atoms with Crippen molar-refractivity contribution < 1.29 is 0 Å². The van der Waals surface area contributed by atoms with Crippen molar-refractivity contribution in [2.45, 2.75) is 63.5 Å². The van der Waals surface area contributed by atoms with Gasteiger partial charge in [0.2, 0.25) is 0 Å². The predicted octanol–water partition coefficient (Wildman–Crippen LogP) is 2.39. The minimum absolute atomic E-state index is 0.803. The summed E-state index contributed by atoms with van der Waals surface area (Å²) in [5.41, 5.74) is 0. The Kier molecular flexibility index (Phi) is 3.49. The Bertz CT molecular complexity index is 223. The van der Waals surface area contributed by atoms with Crippen LogP contribution in [-0.2, 0) is 0 Å². The quantitative estimate of drug-likeness (QED) is 0.772. The van der Waals surface area contributed by atoms with Crippen LogP contribution in [-0.4, -0.2) is 36.6 Å². The maximum Gasteiger partial charge on any atom is 0.0221 e. The van der Waals surface area contributed by atoms with Crippen LogP contribution in [0.1, 0.15) is 51.4 Å². The van der Waals surface area contributed by atoms with E-state index in [9.17, 15) is 0 Å². The zero-order chi connectivity index (χ0) is 10.8. The van der Waals surface area contributed by atoms with E-state index in [1.165, 1.54) is 71.0 Å². The fourth-order valence-corrected chi connectivity index (χ4v) is 4.00. The van der Waals surface area contributed by atoms with E-state index >= 15 is 0 Å². The highest BCUT2D eigenvalue weighted by atomic mass is 15.2. The second kappa shape index (κ2) is 5.05. The third kappa shape index (κ3) is 2.43. The molecule has 0 amide bonds. The van der Waals surface area contributed by atoms with Gasteiger partial charge in [-0.2, -0.15) is 0 Å². The summed E-state index contributed by atoms with van der Waals surface area (Å²) in [6, 6.07) is 1.68. The summed E-state index contributed by atoms with van der Waals surface area (Å²) < 4.78 is 0. The molecule has 92 valence electrons. The van der Waals surface area contributed by atoms with E-state index in [-0.39, 0.29) is 0 Å². The van der Waals surface area contributed by atoms with Gasteiger partial charge >= 0.3 is 0 Å². The second-order valence-corrected chi connectivity index (χ2v) is 6.14. The standard InChI is InChI=1S/C14H26N2/c1-2-5-12(6-3-1)9-13-11-16-8-4-7-14(16)10-15-13/h12-15H,1-11H2/t13-,14-/m0/s1. The van der Waals surface area contributed by atoms with E-state index in [4.69, 9.17) is 0 Å². The fraction of sp³-hybridized carbons (Fsp3) is 1.00. The van der Waals surface area contributed by atoms with Gasteiger partial charge in [0.15, 0.2) is 0 Å². The highest BCUT2D eigenvalue weighted by Crippen LogP contribution is 2.29. The zero-order valence-corrected chi connectivity index (χ0v) is 10.5. The van der Waals surface area contributed by atoms with Gasteiger partial charge in [-0.3, -0.25) is 4.90 Å². The topological polar surface area (TPSA) is 15.3 Å². The van der Waals surface area contributed by atoms with Gasteiger partial charge in [0, 0.05) is 25.2 Å². The number of nitrogens with zero attached hydrogens (tertiary/aromatic N) is 1. The molecule has 1 N–H and O–H groups in total. The number of fused-ring (bicyclic) bond motifs is 1. The van der Waals surface area contributed by atoms with Gasteiger partial charge in [0.1, 0.15) is 0 Å². The first-order chi connectivity index (χ1) is 7.92. The lowest BCUT2D eigenvalue weighted by Gasteiger charge is -2.38. The fourth-order valence-electron chi connectivity index (χ4n) is 4.00. The first-order valence-electron chi connectivity index (χ1n) is 7.39. The maximum absolute atomic E-state index is 3.80. The summed E-state index contributed by atoms with van der Waals surface area (Å²) >= 11 is 0. The summed E-state index contributed by atoms with van der Waals surface area (Å²) in [5.74, 6) is 1.03. The van der Waals surface area contributed by atoms with Crippen molar-refractivity contribution in [2.24, 2.45) is 5.92 Å². The molecule has 2 atom stereocenters. The lowest BCUT2D eigenvalue weighted by molar-refractivity contribution is 0.152. The highest BCUT2D eigenvalue weighted by Gasteiger charge is 2.32. The molecule has 2 heteroatoms. The molecular weight excluding hydrogens is 196 g/mol. The van der Waals surface area contributed by atoms with E-state index in [1.54, 1.807) is 0 Å². The van der Waals surface area contributed by atoms with E-state index in [0.717, 1.165) is 18.0 Å². The van der Waals surface area contributed by atoms with Gasteiger partial charge in [-0.15, -0.1) is 0 Å². The average Bonchev–Trinajstić information content (AvgIpc) is 2.77. The third-order valence-electron chi connectivity index (χ3n) is 4.94. The van der Waals surface area contributed by atoms with Gasteiger partial charge < -0.3 is 5.32 Å². The maximum atomic E-state index is 3.80. The molecule has 3 rings (SSSR count). The minimum Gasteiger partial charge on any atom is -0.311 e. The molecular formula is C14H26N2. The molecule has 0 aromatic rings. The molecule has 0 aromatic heterocycles. The van der Waals surface area contributed by atoms with Gasteiger partial charge in [0.25, 0.3) is 0 Å². The Hall–Kier alpha value is -0.0800. The number of hydrogen-bond donors (Lipinski definition) is 1. The van der Waals surface area contributed by atoms with E-state index in [2.05, 4.69) is 10.2 Å². The number of rotatable bonds is 2. The minimum atomic E-state index is 0.803. The molecule has 0 radical (unpaired) electrons. The molecule has 3 aliphatic rings. The molecule has 0 unspecified atom stereocenters. The van der Waals surface area contributed by atoms with Crippen LogP contribution in [0.15, 0.2) is 0 Å². The molecule has 1 aliphatic carbocycles. The van der Waals surface area contributed by atoms with Crippen LogP contribution in [0, 0.1) is 5.92 Å². The van der Waals surface area contributed by atoms with Crippen LogP contribution in [0.2, 0.25) is 0 Å². The van der Waals surface area contributed by atoms with Gasteiger partial charge in [-0.05, 0) is 31.7 Å². The van der Waals surface area contributed by atoms with Crippen molar-refractivity contribution in [3.63, 3.8) is 0 Å². The van der Waals surface area contributed by atoms with Crippen LogP contribution >= 0.6 is 0 Å². The zero-order valence-electron chi connectivity index (χ0n) is 10.5. The summed E-state index contributed by atoms with van der Waals surface area (Å²) in [6.45, 7) is 3.96. The van der Waals surface area contributed by atoms with E-state index < -0.39 is 0 Å². The number of hydrogen-bond acceptors (Lipinski definition) is 2. The lowest BCUT2D eigenvalue weighted by Crippen LogP contribution is -2.54. The molecule has 0 bridgehead atoms. The Morgan fingerprint density at radius 2 is 1.88 bits per heavy atom. The SMILES string of the molecule is C1CCC(C[C@H]2CN3CCC[C@H]3CN2)CC1. The average molecular weight is 222 g/mol. The van der Waals surface area contributed by atoms with Gasteiger partial charge in [-0.1, -0.05) is 32.1 Å². The van der Waals surface area contributed by atoms with Crippen molar-refractivity contribution in [3.05, 3.63) is 0 Å². The Morgan fingerprint density at radius 1 is 1.00 bits per heavy atom. The molecule has 16 heavy (non-hydrogen) atoms. The van der Waals surface area contributed by atoms with Gasteiger partial charge in [0.05, 0.1) is 0 Å². The number of piperazine rings is 1. The van der Waals surface area contributed by atoms with E-state index in [1.807, 2.05) is 0 Å². The molecule has 0 aromatic carbocycles. The first-order valence-corrected chi connectivity index (χ1v) is 7.39. The van der Waals surface area contributed by atoms with Crippen molar-refractivity contribution in [1.82, 2.24) is 10.2 Å². The predicted molar refractivity (Wildman–Crippen MR) is 67.6 cm³/mol. The van der Waals surface area contributed by atoms with Crippen molar-refractivity contribution >= 4 is 0 Å². The smallest absolute Gasteiger partial charge is 0.0221 e. The third-order valence-corrected chi connectivity index (χ3v) is 4.94. The summed E-state index contributed by atoms with van der Waals surface area (Å²) in [6.07, 6.45) is 11.8. The molecule has 2 heterocycles. The first kappa shape index (κ1) is 11.0. The van der Waals surface area contributed by atoms with Crippen LogP contribution < -0.4 is 5.32 Å². The Morgan fingerprint density at radius 3 is 2.75 bits per heavy atom. The summed E-state index contributed by atoms with van der Waals surface area (Å²) in [5, 5.41) is 3.80. The summed E-state index contributed by atoms with van der Waals surface area (Å²) in [7, 11) is 0. The van der Waals surface area contributed by atoms with Crippen molar-refractivity contribution in [3.8, 4) is 0 Å². The molecule has 2 aliphatic heterocycles.